The predicted molar refractivity (Wildman–Crippen MR) is 96.1 cm³/mol. The van der Waals surface area contributed by atoms with E-state index in [9.17, 15) is 0 Å². The standard InChI is InChI=1S/C19H28N4O/c1-14-7-5-8-15(2)18(14)20-11-16-12-23(22-21-16)13-17-9-6-10-19(3,4)24-17/h5,7-8,12,17,20H,6,9-11,13H2,1-4H3. The molecular weight excluding hydrogens is 300 g/mol. The molecule has 5 nitrogen and oxygen atoms in total. The van der Waals surface area contributed by atoms with Crippen LogP contribution in [0.3, 0.4) is 0 Å². The lowest BCUT2D eigenvalue weighted by molar-refractivity contribution is -0.113. The highest BCUT2D eigenvalue weighted by Gasteiger charge is 2.28. The molecule has 5 heteroatoms. The number of ether oxygens (including phenoxy) is 1. The van der Waals surface area contributed by atoms with Crippen molar-refractivity contribution in [3.63, 3.8) is 0 Å². The Morgan fingerprint density at radius 1 is 1.29 bits per heavy atom. The van der Waals surface area contributed by atoms with Crippen LogP contribution in [0.4, 0.5) is 5.69 Å². The maximum atomic E-state index is 6.14. The Morgan fingerprint density at radius 2 is 2.04 bits per heavy atom. The maximum absolute atomic E-state index is 6.14. The van der Waals surface area contributed by atoms with Crippen molar-refractivity contribution in [3.8, 4) is 0 Å². The molecule has 1 atom stereocenters. The van der Waals surface area contributed by atoms with Crippen LogP contribution >= 0.6 is 0 Å². The molecule has 2 heterocycles. The zero-order valence-corrected chi connectivity index (χ0v) is 15.2. The van der Waals surface area contributed by atoms with Crippen molar-refractivity contribution in [3.05, 3.63) is 41.2 Å². The molecule has 1 aromatic heterocycles. The van der Waals surface area contributed by atoms with Gasteiger partial charge in [-0.25, -0.2) is 4.68 Å². The fourth-order valence-corrected chi connectivity index (χ4v) is 3.44. The van der Waals surface area contributed by atoms with Gasteiger partial charge in [-0.3, -0.25) is 0 Å². The molecule has 1 fully saturated rings. The van der Waals surface area contributed by atoms with Gasteiger partial charge in [-0.1, -0.05) is 23.4 Å². The van der Waals surface area contributed by atoms with E-state index < -0.39 is 0 Å². The van der Waals surface area contributed by atoms with Crippen LogP contribution in [0, 0.1) is 13.8 Å². The maximum Gasteiger partial charge on any atom is 0.102 e. The molecule has 0 radical (unpaired) electrons. The lowest BCUT2D eigenvalue weighted by atomic mass is 9.95. The first kappa shape index (κ1) is 17.0. The lowest BCUT2D eigenvalue weighted by Gasteiger charge is -2.35. The van der Waals surface area contributed by atoms with E-state index in [0.717, 1.165) is 25.1 Å². The van der Waals surface area contributed by atoms with Gasteiger partial charge in [-0.15, -0.1) is 5.10 Å². The molecule has 24 heavy (non-hydrogen) atoms. The number of benzene rings is 1. The first-order valence-corrected chi connectivity index (χ1v) is 8.80. The summed E-state index contributed by atoms with van der Waals surface area (Å²) in [5.41, 5.74) is 4.62. The summed E-state index contributed by atoms with van der Waals surface area (Å²) in [6.45, 7) is 10.0. The quantitative estimate of drug-likeness (QED) is 0.905. The number of anilines is 1. The summed E-state index contributed by atoms with van der Waals surface area (Å²) in [7, 11) is 0. The molecular formula is C19H28N4O. The van der Waals surface area contributed by atoms with E-state index >= 15 is 0 Å². The third-order valence-electron chi connectivity index (χ3n) is 4.69. The summed E-state index contributed by atoms with van der Waals surface area (Å²) in [5.74, 6) is 0. The van der Waals surface area contributed by atoms with Crippen LogP contribution in [-0.2, 0) is 17.8 Å². The SMILES string of the molecule is Cc1cccc(C)c1NCc1cn(CC2CCCC(C)(C)O2)nn1. The van der Waals surface area contributed by atoms with E-state index in [4.69, 9.17) is 4.74 Å². The van der Waals surface area contributed by atoms with Gasteiger partial charge in [0, 0.05) is 5.69 Å². The number of para-hydroxylation sites is 1. The minimum Gasteiger partial charge on any atom is -0.379 e. The second-order valence-electron chi connectivity index (χ2n) is 7.44. The lowest BCUT2D eigenvalue weighted by Crippen LogP contribution is -2.37. The Hall–Kier alpha value is -1.88. The smallest absolute Gasteiger partial charge is 0.102 e. The van der Waals surface area contributed by atoms with Crippen molar-refractivity contribution < 1.29 is 4.74 Å². The topological polar surface area (TPSA) is 52.0 Å². The fourth-order valence-electron chi connectivity index (χ4n) is 3.44. The van der Waals surface area contributed by atoms with E-state index in [1.807, 2.05) is 10.9 Å². The highest BCUT2D eigenvalue weighted by molar-refractivity contribution is 5.56. The molecule has 1 unspecified atom stereocenters. The van der Waals surface area contributed by atoms with Crippen LogP contribution in [0.1, 0.15) is 49.9 Å². The predicted octanol–water partition coefficient (Wildman–Crippen LogP) is 3.85. The van der Waals surface area contributed by atoms with Crippen LogP contribution in [-0.4, -0.2) is 26.7 Å². The van der Waals surface area contributed by atoms with Gasteiger partial charge in [0.2, 0.25) is 0 Å². The Kier molecular flexibility index (Phi) is 4.90. The first-order chi connectivity index (χ1) is 11.4. The number of hydrogen-bond donors (Lipinski definition) is 1. The number of aromatic nitrogens is 3. The molecule has 3 rings (SSSR count). The molecule has 1 aliphatic heterocycles. The van der Waals surface area contributed by atoms with E-state index in [-0.39, 0.29) is 11.7 Å². The number of nitrogens with zero attached hydrogens (tertiary/aromatic N) is 3. The third-order valence-corrected chi connectivity index (χ3v) is 4.69. The van der Waals surface area contributed by atoms with Crippen LogP contribution in [0.25, 0.3) is 0 Å². The van der Waals surface area contributed by atoms with Gasteiger partial charge in [0.1, 0.15) is 5.69 Å². The van der Waals surface area contributed by atoms with Crippen molar-refractivity contribution in [2.24, 2.45) is 0 Å². The zero-order valence-electron chi connectivity index (χ0n) is 15.2. The van der Waals surface area contributed by atoms with Gasteiger partial charge in [0.25, 0.3) is 0 Å². The average Bonchev–Trinajstić information content (AvgIpc) is 2.93. The third kappa shape index (κ3) is 4.15. The number of hydrogen-bond acceptors (Lipinski definition) is 4. The number of nitrogens with one attached hydrogen (secondary N) is 1. The second-order valence-corrected chi connectivity index (χ2v) is 7.44. The fraction of sp³-hybridized carbons (Fsp3) is 0.579. The van der Waals surface area contributed by atoms with E-state index in [0.29, 0.717) is 6.54 Å². The Bertz CT molecular complexity index is 672. The minimum absolute atomic E-state index is 0.0176. The molecule has 0 saturated carbocycles. The van der Waals surface area contributed by atoms with Crippen LogP contribution in [0.15, 0.2) is 24.4 Å². The van der Waals surface area contributed by atoms with Crippen LogP contribution < -0.4 is 5.32 Å². The van der Waals surface area contributed by atoms with Crippen molar-refractivity contribution in [1.82, 2.24) is 15.0 Å². The molecule has 1 aromatic carbocycles. The van der Waals surface area contributed by atoms with Crippen LogP contribution in [0.5, 0.6) is 0 Å². The van der Waals surface area contributed by atoms with Crippen molar-refractivity contribution >= 4 is 5.69 Å². The molecule has 0 aliphatic carbocycles. The average molecular weight is 328 g/mol. The van der Waals surface area contributed by atoms with Gasteiger partial charge in [0.05, 0.1) is 31.0 Å². The molecule has 0 spiro atoms. The van der Waals surface area contributed by atoms with Gasteiger partial charge >= 0.3 is 0 Å². The number of aryl methyl sites for hydroxylation is 2. The normalized spacial score (nSPS) is 20.1. The molecule has 130 valence electrons. The van der Waals surface area contributed by atoms with Gasteiger partial charge in [0.15, 0.2) is 0 Å². The molecule has 1 N–H and O–H groups in total. The summed E-state index contributed by atoms with van der Waals surface area (Å²) in [4.78, 5) is 0. The largest absolute Gasteiger partial charge is 0.379 e. The first-order valence-electron chi connectivity index (χ1n) is 8.80. The summed E-state index contributed by atoms with van der Waals surface area (Å²) >= 11 is 0. The second kappa shape index (κ2) is 6.93. The monoisotopic (exact) mass is 328 g/mol. The molecule has 0 bridgehead atoms. The molecule has 0 amide bonds. The summed E-state index contributed by atoms with van der Waals surface area (Å²) in [6.07, 6.45) is 5.69. The van der Waals surface area contributed by atoms with Gasteiger partial charge in [-0.2, -0.15) is 0 Å². The van der Waals surface area contributed by atoms with E-state index in [2.05, 4.69) is 61.5 Å². The molecule has 1 saturated heterocycles. The highest BCUT2D eigenvalue weighted by Crippen LogP contribution is 2.28. The van der Waals surface area contributed by atoms with E-state index in [1.165, 1.54) is 23.2 Å². The zero-order chi connectivity index (χ0) is 17.2. The van der Waals surface area contributed by atoms with Gasteiger partial charge < -0.3 is 10.1 Å². The van der Waals surface area contributed by atoms with Crippen molar-refractivity contribution in [2.75, 3.05) is 5.32 Å². The Labute approximate surface area is 144 Å². The van der Waals surface area contributed by atoms with Crippen molar-refractivity contribution in [2.45, 2.75) is 71.8 Å². The summed E-state index contributed by atoms with van der Waals surface area (Å²) < 4.78 is 8.05. The summed E-state index contributed by atoms with van der Waals surface area (Å²) in [6, 6.07) is 6.32. The van der Waals surface area contributed by atoms with Crippen molar-refractivity contribution in [1.29, 1.82) is 0 Å². The highest BCUT2D eigenvalue weighted by atomic mass is 16.5. The minimum atomic E-state index is -0.0176. The van der Waals surface area contributed by atoms with Gasteiger partial charge in [-0.05, 0) is 58.1 Å². The molecule has 2 aromatic rings. The number of rotatable bonds is 5. The Balaban J connectivity index is 1.58. The van der Waals surface area contributed by atoms with Crippen LogP contribution in [0.2, 0.25) is 0 Å². The molecule has 1 aliphatic rings. The van der Waals surface area contributed by atoms with E-state index in [1.54, 1.807) is 0 Å². The summed E-state index contributed by atoms with van der Waals surface area (Å²) in [5, 5.41) is 12.0. The Morgan fingerprint density at radius 3 is 2.75 bits per heavy atom.